The Kier molecular flexibility index (Phi) is 5.50. The van der Waals surface area contributed by atoms with E-state index >= 15 is 0 Å². The van der Waals surface area contributed by atoms with E-state index < -0.39 is 17.9 Å². The molecule has 7 N–H and O–H groups in total. The first kappa shape index (κ1) is 20.3. The van der Waals surface area contributed by atoms with Crippen molar-refractivity contribution in [3.8, 4) is 0 Å². The molecule has 0 bridgehead atoms. The minimum absolute atomic E-state index is 0.0242. The minimum Gasteiger partial charge on any atom is -0.368 e. The summed E-state index contributed by atoms with van der Waals surface area (Å²) in [6, 6.07) is 8.85. The molecular weight excluding hydrogens is 416 g/mol. The number of nitrogens with two attached hydrogens (primary N) is 2. The zero-order chi connectivity index (χ0) is 22.0. The molecule has 1 atom stereocenters. The molecule has 10 nitrogen and oxygen atoms in total. The number of nitrogens with one attached hydrogen (secondary N) is 3. The third-order valence-corrected chi connectivity index (χ3v) is 5.44. The third-order valence-electron chi connectivity index (χ3n) is 4.64. The van der Waals surface area contributed by atoms with Crippen molar-refractivity contribution in [3.05, 3.63) is 59.7 Å². The Labute approximate surface area is 181 Å². The molecule has 3 heterocycles. The molecule has 1 unspecified atom stereocenters. The number of H-pyrrole nitrogens is 1. The first-order valence-corrected chi connectivity index (χ1v) is 10.2. The van der Waals surface area contributed by atoms with Gasteiger partial charge in [-0.05, 0) is 36.2 Å². The van der Waals surface area contributed by atoms with Crippen molar-refractivity contribution in [2.75, 3.05) is 10.6 Å². The van der Waals surface area contributed by atoms with E-state index in [1.165, 1.54) is 17.7 Å². The molecule has 4 rings (SSSR count). The summed E-state index contributed by atoms with van der Waals surface area (Å²) in [6.45, 7) is 1.85. The third kappa shape index (κ3) is 4.46. The van der Waals surface area contributed by atoms with Gasteiger partial charge in [0, 0.05) is 23.5 Å². The van der Waals surface area contributed by atoms with Crippen LogP contribution in [0, 0.1) is 6.92 Å². The van der Waals surface area contributed by atoms with Gasteiger partial charge in [-0.2, -0.15) is 4.37 Å². The summed E-state index contributed by atoms with van der Waals surface area (Å²) in [6.07, 6.45) is 3.53. The summed E-state index contributed by atoms with van der Waals surface area (Å²) in [5.74, 6) is -0.833. The van der Waals surface area contributed by atoms with Gasteiger partial charge in [0.1, 0.15) is 16.9 Å². The van der Waals surface area contributed by atoms with Crippen LogP contribution in [0.2, 0.25) is 0 Å². The van der Waals surface area contributed by atoms with Crippen molar-refractivity contribution in [1.82, 2.24) is 19.3 Å². The summed E-state index contributed by atoms with van der Waals surface area (Å²) < 4.78 is 4.18. The van der Waals surface area contributed by atoms with Gasteiger partial charge in [-0.25, -0.2) is 9.97 Å². The summed E-state index contributed by atoms with van der Waals surface area (Å²) >= 11 is 1.21. The maximum Gasteiger partial charge on any atom is 0.271 e. The molecule has 1 aromatic carbocycles. The number of para-hydroxylation sites is 1. The van der Waals surface area contributed by atoms with Gasteiger partial charge in [-0.1, -0.05) is 18.2 Å². The Balaban J connectivity index is 1.60. The number of carbonyl (C=O) groups excluding carboxylic acids is 2. The Morgan fingerprint density at radius 3 is 2.77 bits per heavy atom. The first-order chi connectivity index (χ1) is 14.9. The number of benzene rings is 1. The Morgan fingerprint density at radius 2 is 2.06 bits per heavy atom. The van der Waals surface area contributed by atoms with Crippen molar-refractivity contribution in [2.45, 2.75) is 19.4 Å². The molecule has 11 heteroatoms. The van der Waals surface area contributed by atoms with Gasteiger partial charge in [0.15, 0.2) is 11.5 Å². The van der Waals surface area contributed by atoms with Crippen molar-refractivity contribution in [1.29, 1.82) is 0 Å². The van der Waals surface area contributed by atoms with E-state index in [2.05, 4.69) is 30.0 Å². The second-order valence-corrected chi connectivity index (χ2v) is 7.74. The summed E-state index contributed by atoms with van der Waals surface area (Å²) in [4.78, 5) is 35.6. The molecule has 0 aliphatic carbocycles. The highest BCUT2D eigenvalue weighted by Crippen LogP contribution is 2.24. The van der Waals surface area contributed by atoms with Crippen LogP contribution in [0.1, 0.15) is 21.7 Å². The van der Waals surface area contributed by atoms with Crippen molar-refractivity contribution in [2.24, 2.45) is 11.5 Å². The summed E-state index contributed by atoms with van der Waals surface area (Å²) in [5.41, 5.74) is 13.8. The van der Waals surface area contributed by atoms with Gasteiger partial charge in [0.2, 0.25) is 5.91 Å². The number of aryl methyl sites for hydroxylation is 1. The van der Waals surface area contributed by atoms with Crippen LogP contribution in [0.4, 0.5) is 16.6 Å². The number of anilines is 3. The largest absolute Gasteiger partial charge is 0.368 e. The molecule has 2 amide bonds. The molecule has 0 radical (unpaired) electrons. The standard InChI is InChI=1S/C20H20N8O2S/c1-10-6-16(31-28-10)27-20-17(19(22)30)24-9-15(26-20)25-14(18(21)29)7-11-8-23-13-5-3-2-4-12(11)13/h2-6,8-9,14,23H,7H2,1H3,(H2,21,29)(H2,22,30)(H2,25,26,27). The van der Waals surface area contributed by atoms with Crippen LogP contribution in [0.25, 0.3) is 10.9 Å². The van der Waals surface area contributed by atoms with Crippen LogP contribution >= 0.6 is 11.5 Å². The number of amides is 2. The maximum atomic E-state index is 12.1. The van der Waals surface area contributed by atoms with Crippen LogP contribution < -0.4 is 22.1 Å². The number of carbonyl (C=O) groups is 2. The van der Waals surface area contributed by atoms with Crippen LogP contribution in [0.5, 0.6) is 0 Å². The minimum atomic E-state index is -0.744. The number of fused-ring (bicyclic) bond motifs is 1. The second-order valence-electron chi connectivity index (χ2n) is 6.94. The molecule has 0 fully saturated rings. The molecule has 0 spiro atoms. The van der Waals surface area contributed by atoms with Crippen LogP contribution in [-0.4, -0.2) is 37.2 Å². The predicted molar refractivity (Wildman–Crippen MR) is 119 cm³/mol. The maximum absolute atomic E-state index is 12.1. The fourth-order valence-corrected chi connectivity index (χ4v) is 3.85. The lowest BCUT2D eigenvalue weighted by Crippen LogP contribution is -2.37. The van der Waals surface area contributed by atoms with E-state index in [0.29, 0.717) is 11.4 Å². The molecule has 0 saturated heterocycles. The van der Waals surface area contributed by atoms with Crippen molar-refractivity contribution >= 4 is 50.9 Å². The van der Waals surface area contributed by atoms with Crippen molar-refractivity contribution in [3.63, 3.8) is 0 Å². The number of hydrogen-bond donors (Lipinski definition) is 5. The van der Waals surface area contributed by atoms with Gasteiger partial charge in [0.25, 0.3) is 5.91 Å². The van der Waals surface area contributed by atoms with Crippen molar-refractivity contribution < 1.29 is 9.59 Å². The van der Waals surface area contributed by atoms with E-state index in [0.717, 1.165) is 22.2 Å². The van der Waals surface area contributed by atoms with Gasteiger partial charge in [0.05, 0.1) is 11.9 Å². The number of rotatable bonds is 8. The van der Waals surface area contributed by atoms with Crippen LogP contribution in [-0.2, 0) is 11.2 Å². The molecule has 3 aromatic heterocycles. The Hall–Kier alpha value is -3.99. The zero-order valence-electron chi connectivity index (χ0n) is 16.5. The van der Waals surface area contributed by atoms with E-state index in [4.69, 9.17) is 11.5 Å². The lowest BCUT2D eigenvalue weighted by Gasteiger charge is -2.17. The van der Waals surface area contributed by atoms with Crippen LogP contribution in [0.3, 0.4) is 0 Å². The first-order valence-electron chi connectivity index (χ1n) is 9.38. The van der Waals surface area contributed by atoms with E-state index in [1.54, 1.807) is 6.07 Å². The molecule has 0 aliphatic heterocycles. The highest BCUT2D eigenvalue weighted by molar-refractivity contribution is 7.10. The fraction of sp³-hybridized carbons (Fsp3) is 0.150. The van der Waals surface area contributed by atoms with Gasteiger partial charge in [-0.15, -0.1) is 0 Å². The molecule has 4 aromatic rings. The topological polar surface area (TPSA) is 165 Å². The lowest BCUT2D eigenvalue weighted by atomic mass is 10.0. The number of aromatic amines is 1. The molecule has 0 saturated carbocycles. The Bertz CT molecular complexity index is 1270. The Morgan fingerprint density at radius 1 is 1.26 bits per heavy atom. The van der Waals surface area contributed by atoms with Gasteiger partial charge < -0.3 is 27.1 Å². The molecule has 0 aliphatic rings. The number of nitrogens with zero attached hydrogens (tertiary/aromatic N) is 3. The lowest BCUT2D eigenvalue weighted by molar-refractivity contribution is -0.118. The average molecular weight is 437 g/mol. The molecule has 158 valence electrons. The number of primary amides is 2. The van der Waals surface area contributed by atoms with E-state index in [9.17, 15) is 9.59 Å². The normalized spacial score (nSPS) is 11.9. The molecule has 31 heavy (non-hydrogen) atoms. The zero-order valence-corrected chi connectivity index (χ0v) is 17.4. The quantitative estimate of drug-likeness (QED) is 0.282. The van der Waals surface area contributed by atoms with E-state index in [-0.39, 0.29) is 17.3 Å². The molecular formula is C20H20N8O2S. The van der Waals surface area contributed by atoms with Crippen LogP contribution in [0.15, 0.2) is 42.7 Å². The van der Waals surface area contributed by atoms with E-state index in [1.807, 2.05) is 37.4 Å². The smallest absolute Gasteiger partial charge is 0.271 e. The summed E-state index contributed by atoms with van der Waals surface area (Å²) in [7, 11) is 0. The van der Waals surface area contributed by atoms with Gasteiger partial charge in [-0.3, -0.25) is 9.59 Å². The highest BCUT2D eigenvalue weighted by atomic mass is 32.1. The van der Waals surface area contributed by atoms with Gasteiger partial charge >= 0.3 is 0 Å². The number of aromatic nitrogens is 4. The fourth-order valence-electron chi connectivity index (χ4n) is 3.19. The monoisotopic (exact) mass is 436 g/mol. The average Bonchev–Trinajstić information content (AvgIpc) is 3.33. The predicted octanol–water partition coefficient (Wildman–Crippen LogP) is 2.07. The second kappa shape index (κ2) is 8.40. The number of hydrogen-bond acceptors (Lipinski definition) is 8. The summed E-state index contributed by atoms with van der Waals surface area (Å²) in [5, 5.41) is 7.71. The SMILES string of the molecule is Cc1cc(Nc2nc(NC(Cc3c[nH]c4ccccc34)C(N)=O)cnc2C(N)=O)sn1. The highest BCUT2D eigenvalue weighted by Gasteiger charge is 2.20.